The predicted molar refractivity (Wildman–Crippen MR) is 121 cm³/mol. The predicted octanol–water partition coefficient (Wildman–Crippen LogP) is 2.97. The molecular formula is C24H24N4O5. The van der Waals surface area contributed by atoms with Crippen molar-refractivity contribution in [2.75, 3.05) is 27.4 Å². The molecule has 1 fully saturated rings. The fourth-order valence-electron chi connectivity index (χ4n) is 3.56. The lowest BCUT2D eigenvalue weighted by Gasteiger charge is -2.11. The Morgan fingerprint density at radius 1 is 1.33 bits per heavy atom. The molecule has 1 aliphatic heterocycles. The summed E-state index contributed by atoms with van der Waals surface area (Å²) < 4.78 is 21.8. The van der Waals surface area contributed by atoms with Gasteiger partial charge in [0, 0.05) is 30.1 Å². The Morgan fingerprint density at radius 2 is 2.18 bits per heavy atom. The molecule has 4 rings (SSSR count). The first-order valence-electron chi connectivity index (χ1n) is 10.4. The minimum atomic E-state index is -0.481. The minimum absolute atomic E-state index is 0.000732. The Hall–Kier alpha value is -4.03. The van der Waals surface area contributed by atoms with E-state index in [0.29, 0.717) is 41.7 Å². The van der Waals surface area contributed by atoms with Gasteiger partial charge in [0.2, 0.25) is 0 Å². The lowest BCUT2D eigenvalue weighted by Crippen LogP contribution is -2.24. The van der Waals surface area contributed by atoms with Gasteiger partial charge in [-0.15, -0.1) is 0 Å². The number of aromatic nitrogens is 2. The van der Waals surface area contributed by atoms with Crippen LogP contribution in [0.2, 0.25) is 0 Å². The van der Waals surface area contributed by atoms with Crippen molar-refractivity contribution in [3.05, 3.63) is 53.4 Å². The highest BCUT2D eigenvalue weighted by Crippen LogP contribution is 2.28. The summed E-state index contributed by atoms with van der Waals surface area (Å²) >= 11 is 0. The smallest absolute Gasteiger partial charge is 0.262 e. The SMILES string of the molecule is COc1ccc(CNC(=O)/C(C#N)=C/c2c[nH]c3ncc(OC4CCOC4)cc23)cc1OC. The molecular weight excluding hydrogens is 424 g/mol. The summed E-state index contributed by atoms with van der Waals surface area (Å²) in [5, 5.41) is 13.1. The molecule has 1 aromatic carbocycles. The number of H-pyrrole nitrogens is 1. The Balaban J connectivity index is 1.49. The van der Waals surface area contributed by atoms with E-state index in [-0.39, 0.29) is 18.2 Å². The highest BCUT2D eigenvalue weighted by molar-refractivity contribution is 6.03. The molecule has 3 aromatic rings. The summed E-state index contributed by atoms with van der Waals surface area (Å²) in [5.74, 6) is 1.30. The van der Waals surface area contributed by atoms with Gasteiger partial charge in [0.05, 0.1) is 33.6 Å². The molecule has 9 nitrogen and oxygen atoms in total. The molecule has 170 valence electrons. The zero-order valence-electron chi connectivity index (χ0n) is 18.4. The third-order valence-corrected chi connectivity index (χ3v) is 5.29. The number of carbonyl (C=O) groups excluding carboxylic acids is 1. The van der Waals surface area contributed by atoms with Gasteiger partial charge in [-0.25, -0.2) is 4.98 Å². The molecule has 1 atom stereocenters. The molecule has 1 unspecified atom stereocenters. The van der Waals surface area contributed by atoms with E-state index in [1.807, 2.05) is 18.2 Å². The number of nitriles is 1. The molecule has 0 bridgehead atoms. The van der Waals surface area contributed by atoms with Crippen molar-refractivity contribution in [3.8, 4) is 23.3 Å². The van der Waals surface area contributed by atoms with Crippen LogP contribution < -0.4 is 19.5 Å². The van der Waals surface area contributed by atoms with Gasteiger partial charge in [-0.3, -0.25) is 4.79 Å². The molecule has 2 aromatic heterocycles. The number of amides is 1. The number of hydrogen-bond acceptors (Lipinski definition) is 7. The summed E-state index contributed by atoms with van der Waals surface area (Å²) in [6.45, 7) is 1.47. The third-order valence-electron chi connectivity index (χ3n) is 5.29. The quantitative estimate of drug-likeness (QED) is 0.402. The van der Waals surface area contributed by atoms with E-state index in [1.54, 1.807) is 38.7 Å². The number of benzene rings is 1. The lowest BCUT2D eigenvalue weighted by atomic mass is 10.1. The molecule has 0 spiro atoms. The summed E-state index contributed by atoms with van der Waals surface area (Å²) in [7, 11) is 3.10. The van der Waals surface area contributed by atoms with Crippen LogP contribution in [0.3, 0.4) is 0 Å². The number of fused-ring (bicyclic) bond motifs is 1. The van der Waals surface area contributed by atoms with Crippen LogP contribution >= 0.6 is 0 Å². The second kappa shape index (κ2) is 10.1. The zero-order chi connectivity index (χ0) is 23.2. The molecule has 2 N–H and O–H groups in total. The van der Waals surface area contributed by atoms with Gasteiger partial charge >= 0.3 is 0 Å². The first kappa shape index (κ1) is 22.2. The van der Waals surface area contributed by atoms with Crippen LogP contribution in [0.25, 0.3) is 17.1 Å². The number of nitrogens with one attached hydrogen (secondary N) is 2. The largest absolute Gasteiger partial charge is 0.493 e. The number of aromatic amines is 1. The van der Waals surface area contributed by atoms with E-state index in [4.69, 9.17) is 18.9 Å². The van der Waals surface area contributed by atoms with Gasteiger partial charge in [0.1, 0.15) is 29.1 Å². The monoisotopic (exact) mass is 448 g/mol. The summed E-state index contributed by atoms with van der Waals surface area (Å²) in [6.07, 6.45) is 5.72. The second-order valence-electron chi connectivity index (χ2n) is 7.46. The van der Waals surface area contributed by atoms with Gasteiger partial charge in [-0.1, -0.05) is 6.07 Å². The van der Waals surface area contributed by atoms with E-state index in [9.17, 15) is 10.1 Å². The molecule has 1 aliphatic rings. The van der Waals surface area contributed by atoms with Crippen molar-refractivity contribution < 1.29 is 23.7 Å². The number of pyridine rings is 1. The van der Waals surface area contributed by atoms with Gasteiger partial charge in [-0.05, 0) is 29.8 Å². The Morgan fingerprint density at radius 3 is 2.91 bits per heavy atom. The lowest BCUT2D eigenvalue weighted by molar-refractivity contribution is -0.117. The first-order chi connectivity index (χ1) is 16.1. The highest BCUT2D eigenvalue weighted by atomic mass is 16.5. The Labute approximate surface area is 190 Å². The minimum Gasteiger partial charge on any atom is -0.493 e. The molecule has 0 radical (unpaired) electrons. The molecule has 3 heterocycles. The average Bonchev–Trinajstić information content (AvgIpc) is 3.50. The standard InChI is InChI=1S/C24H24N4O5/c1-30-21-4-3-15(7-22(21)31-2)11-28-24(29)16(10-25)8-17-12-26-23-20(17)9-19(13-27-23)33-18-5-6-32-14-18/h3-4,7-9,12-13,18H,5-6,11,14H2,1-2H3,(H,26,27)(H,28,29)/b16-8+. The number of methoxy groups -OCH3 is 2. The van der Waals surface area contributed by atoms with Crippen molar-refractivity contribution in [1.82, 2.24) is 15.3 Å². The van der Waals surface area contributed by atoms with Crippen molar-refractivity contribution in [2.24, 2.45) is 0 Å². The first-order valence-corrected chi connectivity index (χ1v) is 10.4. The topological polar surface area (TPSA) is 118 Å². The average molecular weight is 448 g/mol. The Bertz CT molecular complexity index is 1220. The van der Waals surface area contributed by atoms with Crippen LogP contribution in [0.5, 0.6) is 17.2 Å². The highest BCUT2D eigenvalue weighted by Gasteiger charge is 2.18. The number of carbonyl (C=O) groups is 1. The second-order valence-corrected chi connectivity index (χ2v) is 7.46. The molecule has 0 saturated carbocycles. The number of ether oxygens (including phenoxy) is 4. The van der Waals surface area contributed by atoms with E-state index in [1.165, 1.54) is 6.08 Å². The molecule has 1 saturated heterocycles. The van der Waals surface area contributed by atoms with E-state index in [2.05, 4.69) is 15.3 Å². The molecule has 9 heteroatoms. The van der Waals surface area contributed by atoms with Crippen LogP contribution in [0.4, 0.5) is 0 Å². The van der Waals surface area contributed by atoms with Crippen molar-refractivity contribution >= 4 is 23.0 Å². The summed E-state index contributed by atoms with van der Waals surface area (Å²) in [4.78, 5) is 20.1. The van der Waals surface area contributed by atoms with Crippen LogP contribution in [-0.2, 0) is 16.1 Å². The molecule has 0 aliphatic carbocycles. The molecule has 33 heavy (non-hydrogen) atoms. The van der Waals surface area contributed by atoms with E-state index >= 15 is 0 Å². The van der Waals surface area contributed by atoms with Crippen molar-refractivity contribution in [1.29, 1.82) is 5.26 Å². The van der Waals surface area contributed by atoms with E-state index in [0.717, 1.165) is 17.4 Å². The maximum absolute atomic E-state index is 12.7. The van der Waals surface area contributed by atoms with Crippen LogP contribution in [-0.4, -0.2) is 49.4 Å². The number of hydrogen-bond donors (Lipinski definition) is 2. The van der Waals surface area contributed by atoms with Crippen LogP contribution in [0.15, 0.2) is 42.2 Å². The van der Waals surface area contributed by atoms with Crippen molar-refractivity contribution in [3.63, 3.8) is 0 Å². The Kier molecular flexibility index (Phi) is 6.76. The fraction of sp³-hybridized carbons (Fsp3) is 0.292. The van der Waals surface area contributed by atoms with Crippen molar-refractivity contribution in [2.45, 2.75) is 19.1 Å². The molecule has 1 amide bonds. The maximum Gasteiger partial charge on any atom is 0.262 e. The summed E-state index contributed by atoms with van der Waals surface area (Å²) in [6, 6.07) is 9.18. The fourth-order valence-corrected chi connectivity index (χ4v) is 3.56. The normalized spacial score (nSPS) is 15.8. The van der Waals surface area contributed by atoms with Crippen LogP contribution in [0, 0.1) is 11.3 Å². The van der Waals surface area contributed by atoms with Crippen LogP contribution in [0.1, 0.15) is 17.5 Å². The van der Waals surface area contributed by atoms with Gasteiger partial charge in [0.15, 0.2) is 11.5 Å². The van der Waals surface area contributed by atoms with Gasteiger partial charge in [0.25, 0.3) is 5.91 Å². The van der Waals surface area contributed by atoms with E-state index < -0.39 is 5.91 Å². The van der Waals surface area contributed by atoms with Gasteiger partial charge < -0.3 is 29.2 Å². The number of rotatable bonds is 8. The number of nitrogens with zero attached hydrogens (tertiary/aromatic N) is 2. The zero-order valence-corrected chi connectivity index (χ0v) is 18.4. The third kappa shape index (κ3) is 5.07. The van der Waals surface area contributed by atoms with Gasteiger partial charge in [-0.2, -0.15) is 5.26 Å². The maximum atomic E-state index is 12.7. The summed E-state index contributed by atoms with van der Waals surface area (Å²) in [5.41, 5.74) is 2.10.